The fraction of sp³-hybridized carbons (Fsp3) is 0.647. The minimum atomic E-state index is -0.117. The highest BCUT2D eigenvalue weighted by Gasteiger charge is 2.10. The molecule has 0 unspecified atom stereocenters. The van der Waals surface area contributed by atoms with Crippen molar-refractivity contribution >= 4 is 11.6 Å². The highest BCUT2D eigenvalue weighted by Crippen LogP contribution is 2.06. The van der Waals surface area contributed by atoms with Gasteiger partial charge in [0.15, 0.2) is 0 Å². The van der Waals surface area contributed by atoms with Gasteiger partial charge in [0.05, 0.1) is 25.1 Å². The molecule has 0 aromatic carbocycles. The van der Waals surface area contributed by atoms with Crippen molar-refractivity contribution in [1.29, 1.82) is 0 Å². The van der Waals surface area contributed by atoms with E-state index >= 15 is 0 Å². The number of amides is 1. The number of nitrogens with zero attached hydrogens (tertiary/aromatic N) is 3. The largest absolute Gasteiger partial charge is 0.383 e. The molecule has 1 aliphatic rings. The van der Waals surface area contributed by atoms with E-state index in [0.29, 0.717) is 12.2 Å². The maximum atomic E-state index is 12.0. The van der Waals surface area contributed by atoms with E-state index in [9.17, 15) is 4.79 Å². The molecule has 0 radical (unpaired) electrons. The Hall–Kier alpha value is -1.70. The van der Waals surface area contributed by atoms with Crippen LogP contribution in [0.1, 0.15) is 16.9 Å². The number of hydrogen-bond donors (Lipinski definition) is 2. The first kappa shape index (κ1) is 18.6. The topological polar surface area (TPSA) is 69.7 Å². The van der Waals surface area contributed by atoms with E-state index in [1.54, 1.807) is 12.3 Å². The molecule has 1 saturated heterocycles. The van der Waals surface area contributed by atoms with E-state index in [0.717, 1.165) is 58.0 Å². The number of pyridine rings is 1. The van der Waals surface area contributed by atoms with Gasteiger partial charge in [0.1, 0.15) is 5.69 Å². The lowest BCUT2D eigenvalue weighted by Gasteiger charge is -2.26. The van der Waals surface area contributed by atoms with Crippen LogP contribution in [0.3, 0.4) is 0 Å². The van der Waals surface area contributed by atoms with E-state index in [1.165, 1.54) is 0 Å². The number of anilines is 1. The van der Waals surface area contributed by atoms with Crippen molar-refractivity contribution in [2.24, 2.45) is 0 Å². The molecule has 0 aliphatic carbocycles. The highest BCUT2D eigenvalue weighted by atomic mass is 16.5. The molecule has 24 heavy (non-hydrogen) atoms. The summed E-state index contributed by atoms with van der Waals surface area (Å²) in [7, 11) is 4.04. The van der Waals surface area contributed by atoms with Crippen molar-refractivity contribution in [2.75, 3.05) is 71.9 Å². The van der Waals surface area contributed by atoms with Gasteiger partial charge in [-0.25, -0.2) is 4.98 Å². The van der Waals surface area contributed by atoms with Crippen molar-refractivity contribution in [1.82, 2.24) is 20.1 Å². The maximum absolute atomic E-state index is 12.0. The van der Waals surface area contributed by atoms with Crippen LogP contribution in [0.15, 0.2) is 18.3 Å². The van der Waals surface area contributed by atoms with Crippen LogP contribution in [-0.4, -0.2) is 87.3 Å². The first-order valence-corrected chi connectivity index (χ1v) is 8.58. The van der Waals surface area contributed by atoms with Gasteiger partial charge < -0.3 is 20.3 Å². The number of aromatic nitrogens is 1. The molecule has 7 nitrogen and oxygen atoms in total. The predicted octanol–water partition coefficient (Wildman–Crippen LogP) is 0.507. The van der Waals surface area contributed by atoms with Crippen LogP contribution in [-0.2, 0) is 4.74 Å². The minimum absolute atomic E-state index is 0.117. The summed E-state index contributed by atoms with van der Waals surface area (Å²) in [4.78, 5) is 20.7. The van der Waals surface area contributed by atoms with Crippen molar-refractivity contribution < 1.29 is 9.53 Å². The molecular weight excluding hydrogens is 306 g/mol. The van der Waals surface area contributed by atoms with Crippen LogP contribution in [0.25, 0.3) is 0 Å². The second-order valence-electron chi connectivity index (χ2n) is 6.23. The van der Waals surface area contributed by atoms with E-state index < -0.39 is 0 Å². The molecule has 1 aromatic heterocycles. The number of ether oxygens (including phenoxy) is 1. The van der Waals surface area contributed by atoms with Gasteiger partial charge in [-0.3, -0.25) is 9.69 Å². The summed E-state index contributed by atoms with van der Waals surface area (Å²) in [6.45, 7) is 7.09. The van der Waals surface area contributed by atoms with Gasteiger partial charge in [-0.2, -0.15) is 0 Å². The van der Waals surface area contributed by atoms with E-state index in [2.05, 4.69) is 25.4 Å². The fourth-order valence-electron chi connectivity index (χ4n) is 2.50. The summed E-state index contributed by atoms with van der Waals surface area (Å²) in [5, 5.41) is 6.23. The lowest BCUT2D eigenvalue weighted by molar-refractivity contribution is 0.0398. The van der Waals surface area contributed by atoms with Crippen LogP contribution in [0.5, 0.6) is 0 Å². The molecule has 1 amide bonds. The molecule has 1 aromatic rings. The quantitative estimate of drug-likeness (QED) is 0.641. The second kappa shape index (κ2) is 10.2. The summed E-state index contributed by atoms with van der Waals surface area (Å²) in [5.41, 5.74) is 1.39. The Labute approximate surface area is 144 Å². The van der Waals surface area contributed by atoms with Gasteiger partial charge in [0.25, 0.3) is 5.91 Å². The van der Waals surface area contributed by atoms with Gasteiger partial charge in [0.2, 0.25) is 0 Å². The standard InChI is InChI=1S/C17H29N5O2/c1-21(2)8-3-6-19-17(23)16-5-4-15(14-20-16)18-7-9-22-10-12-24-13-11-22/h4-5,14,18H,3,6-13H2,1-2H3,(H,19,23). The predicted molar refractivity (Wildman–Crippen MR) is 95.5 cm³/mol. The average molecular weight is 335 g/mol. The zero-order valence-corrected chi connectivity index (χ0v) is 14.8. The minimum Gasteiger partial charge on any atom is -0.383 e. The van der Waals surface area contributed by atoms with Crippen LogP contribution in [0.2, 0.25) is 0 Å². The first-order valence-electron chi connectivity index (χ1n) is 8.58. The number of rotatable bonds is 9. The zero-order chi connectivity index (χ0) is 17.2. The third kappa shape index (κ3) is 6.82. The van der Waals surface area contributed by atoms with Gasteiger partial charge in [0, 0.05) is 32.7 Å². The average Bonchev–Trinajstić information content (AvgIpc) is 2.60. The Morgan fingerprint density at radius 3 is 2.75 bits per heavy atom. The molecule has 0 atom stereocenters. The summed E-state index contributed by atoms with van der Waals surface area (Å²) in [6, 6.07) is 3.67. The fourth-order valence-corrected chi connectivity index (χ4v) is 2.50. The van der Waals surface area contributed by atoms with Gasteiger partial charge >= 0.3 is 0 Å². The van der Waals surface area contributed by atoms with E-state index in [1.807, 2.05) is 20.2 Å². The molecule has 0 spiro atoms. The smallest absolute Gasteiger partial charge is 0.269 e. The van der Waals surface area contributed by atoms with Gasteiger partial charge in [-0.05, 0) is 39.2 Å². The Balaban J connectivity index is 1.66. The lowest BCUT2D eigenvalue weighted by atomic mass is 10.3. The Kier molecular flexibility index (Phi) is 7.94. The highest BCUT2D eigenvalue weighted by molar-refractivity contribution is 5.92. The summed E-state index contributed by atoms with van der Waals surface area (Å²) in [6.07, 6.45) is 2.65. The van der Waals surface area contributed by atoms with Crippen LogP contribution < -0.4 is 10.6 Å². The third-order valence-corrected chi connectivity index (χ3v) is 3.92. The van der Waals surface area contributed by atoms with E-state index in [4.69, 9.17) is 4.74 Å². The van der Waals surface area contributed by atoms with Crippen LogP contribution in [0, 0.1) is 0 Å². The molecule has 134 valence electrons. The van der Waals surface area contributed by atoms with Crippen molar-refractivity contribution in [3.05, 3.63) is 24.0 Å². The molecule has 1 aliphatic heterocycles. The number of morpholine rings is 1. The Morgan fingerprint density at radius 2 is 2.08 bits per heavy atom. The molecule has 0 bridgehead atoms. The van der Waals surface area contributed by atoms with Crippen molar-refractivity contribution in [2.45, 2.75) is 6.42 Å². The third-order valence-electron chi connectivity index (χ3n) is 3.92. The number of hydrogen-bond acceptors (Lipinski definition) is 6. The lowest BCUT2D eigenvalue weighted by Crippen LogP contribution is -2.39. The molecule has 7 heteroatoms. The monoisotopic (exact) mass is 335 g/mol. The molecule has 0 saturated carbocycles. The number of carbonyl (C=O) groups excluding carboxylic acids is 1. The molecule has 2 rings (SSSR count). The van der Waals surface area contributed by atoms with Crippen molar-refractivity contribution in [3.63, 3.8) is 0 Å². The molecular formula is C17H29N5O2. The van der Waals surface area contributed by atoms with E-state index in [-0.39, 0.29) is 5.91 Å². The Morgan fingerprint density at radius 1 is 1.29 bits per heavy atom. The van der Waals surface area contributed by atoms with Crippen molar-refractivity contribution in [3.8, 4) is 0 Å². The zero-order valence-electron chi connectivity index (χ0n) is 14.8. The van der Waals surface area contributed by atoms with Gasteiger partial charge in [-0.1, -0.05) is 0 Å². The maximum Gasteiger partial charge on any atom is 0.269 e. The Bertz CT molecular complexity index is 486. The molecule has 1 fully saturated rings. The molecule has 2 N–H and O–H groups in total. The SMILES string of the molecule is CN(C)CCCNC(=O)c1ccc(NCCN2CCOCC2)cn1. The summed E-state index contributed by atoms with van der Waals surface area (Å²) >= 11 is 0. The van der Waals surface area contributed by atoms with Crippen LogP contribution >= 0.6 is 0 Å². The normalized spacial score (nSPS) is 15.5. The summed E-state index contributed by atoms with van der Waals surface area (Å²) in [5.74, 6) is -0.117. The second-order valence-corrected chi connectivity index (χ2v) is 6.23. The number of carbonyl (C=O) groups is 1. The number of nitrogens with one attached hydrogen (secondary N) is 2. The first-order chi connectivity index (χ1) is 11.6. The molecule has 2 heterocycles. The summed E-state index contributed by atoms with van der Waals surface area (Å²) < 4.78 is 5.33. The van der Waals surface area contributed by atoms with Gasteiger partial charge in [-0.15, -0.1) is 0 Å². The van der Waals surface area contributed by atoms with Crippen LogP contribution in [0.4, 0.5) is 5.69 Å².